The van der Waals surface area contributed by atoms with E-state index in [2.05, 4.69) is 30.7 Å². The third-order valence-corrected chi connectivity index (χ3v) is 4.63. The van der Waals surface area contributed by atoms with Crippen LogP contribution in [0.2, 0.25) is 0 Å². The van der Waals surface area contributed by atoms with Gasteiger partial charge in [0.25, 0.3) is 0 Å². The molecule has 2 unspecified atom stereocenters. The minimum atomic E-state index is 0.326. The summed E-state index contributed by atoms with van der Waals surface area (Å²) in [6.07, 6.45) is 6.05. The van der Waals surface area contributed by atoms with Crippen molar-refractivity contribution in [2.24, 2.45) is 5.92 Å². The Bertz CT molecular complexity index is 261. The number of rotatable bonds is 1. The molecule has 1 saturated heterocycles. The highest BCUT2D eigenvalue weighted by Gasteiger charge is 2.32. The number of hydrogen-bond acceptors (Lipinski definition) is 2. The molecule has 0 radical (unpaired) electrons. The predicted molar refractivity (Wildman–Crippen MR) is 69.8 cm³/mol. The lowest BCUT2D eigenvalue weighted by atomic mass is 9.88. The quantitative estimate of drug-likeness (QED) is 0.698. The normalized spacial score (nSPS) is 32.8. The number of nitrogens with zero attached hydrogens (tertiary/aromatic N) is 2. The Morgan fingerprint density at radius 1 is 1.00 bits per heavy atom. The van der Waals surface area contributed by atoms with Crippen LogP contribution < -0.4 is 0 Å². The van der Waals surface area contributed by atoms with Gasteiger partial charge in [-0.05, 0) is 33.7 Å². The van der Waals surface area contributed by atoms with Crippen LogP contribution in [0.1, 0.15) is 46.0 Å². The molecule has 1 saturated carbocycles. The van der Waals surface area contributed by atoms with Gasteiger partial charge in [0, 0.05) is 31.1 Å². The van der Waals surface area contributed by atoms with E-state index in [1.807, 2.05) is 0 Å². The summed E-state index contributed by atoms with van der Waals surface area (Å²) in [5, 5.41) is 0. The maximum absolute atomic E-state index is 12.5. The molecule has 0 spiro atoms. The first-order valence-electron chi connectivity index (χ1n) is 7.10. The fourth-order valence-corrected chi connectivity index (χ4v) is 3.19. The summed E-state index contributed by atoms with van der Waals surface area (Å²) in [6, 6.07) is 0.984. The van der Waals surface area contributed by atoms with Crippen molar-refractivity contribution in [3.05, 3.63) is 0 Å². The van der Waals surface area contributed by atoms with Crippen LogP contribution in [-0.4, -0.2) is 47.9 Å². The van der Waals surface area contributed by atoms with Crippen LogP contribution in [0.3, 0.4) is 0 Å². The second-order valence-electron chi connectivity index (χ2n) is 5.94. The number of piperazine rings is 1. The van der Waals surface area contributed by atoms with Crippen molar-refractivity contribution in [3.8, 4) is 0 Å². The largest absolute Gasteiger partial charge is 0.339 e. The van der Waals surface area contributed by atoms with Crippen molar-refractivity contribution in [2.75, 3.05) is 20.1 Å². The molecule has 1 amide bonds. The number of hydrogen-bond donors (Lipinski definition) is 0. The third kappa shape index (κ3) is 2.82. The molecule has 98 valence electrons. The van der Waals surface area contributed by atoms with Crippen LogP contribution in [0.4, 0.5) is 0 Å². The number of carbonyl (C=O) groups is 1. The lowest BCUT2D eigenvalue weighted by Crippen LogP contribution is -2.57. The summed E-state index contributed by atoms with van der Waals surface area (Å²) < 4.78 is 0. The van der Waals surface area contributed by atoms with Crippen molar-refractivity contribution in [3.63, 3.8) is 0 Å². The summed E-state index contributed by atoms with van der Waals surface area (Å²) in [7, 11) is 2.16. The standard InChI is InChI=1S/C14H26N2O/c1-11-9-16(10-12(2)15(11)3)14(17)13-7-5-4-6-8-13/h11-13H,4-10H2,1-3H3. The van der Waals surface area contributed by atoms with E-state index in [9.17, 15) is 4.79 Å². The molecule has 0 bridgehead atoms. The Hall–Kier alpha value is -0.570. The minimum absolute atomic E-state index is 0.326. The molecule has 1 heterocycles. The molecule has 2 fully saturated rings. The summed E-state index contributed by atoms with van der Waals surface area (Å²) in [6.45, 7) is 6.26. The molecule has 0 aromatic rings. The van der Waals surface area contributed by atoms with Gasteiger partial charge in [0.05, 0.1) is 0 Å². The van der Waals surface area contributed by atoms with Crippen LogP contribution >= 0.6 is 0 Å². The minimum Gasteiger partial charge on any atom is -0.339 e. The molecular weight excluding hydrogens is 212 g/mol. The van der Waals surface area contributed by atoms with Crippen molar-refractivity contribution >= 4 is 5.91 Å². The molecule has 1 aliphatic carbocycles. The summed E-state index contributed by atoms with van der Waals surface area (Å²) in [4.78, 5) is 17.0. The van der Waals surface area contributed by atoms with E-state index >= 15 is 0 Å². The first kappa shape index (κ1) is 12.9. The predicted octanol–water partition coefficient (Wildman–Crippen LogP) is 2.12. The summed E-state index contributed by atoms with van der Waals surface area (Å²) in [5.41, 5.74) is 0. The van der Waals surface area contributed by atoms with Gasteiger partial charge in [-0.1, -0.05) is 19.3 Å². The molecule has 0 N–H and O–H groups in total. The third-order valence-electron chi connectivity index (χ3n) is 4.63. The van der Waals surface area contributed by atoms with Crippen molar-refractivity contribution < 1.29 is 4.79 Å². The van der Waals surface area contributed by atoms with E-state index in [4.69, 9.17) is 0 Å². The first-order chi connectivity index (χ1) is 8.09. The van der Waals surface area contributed by atoms with E-state index < -0.39 is 0 Å². The van der Waals surface area contributed by atoms with E-state index in [0.29, 0.717) is 23.9 Å². The van der Waals surface area contributed by atoms with Gasteiger partial charge in [-0.3, -0.25) is 9.69 Å². The smallest absolute Gasteiger partial charge is 0.225 e. The topological polar surface area (TPSA) is 23.6 Å². The monoisotopic (exact) mass is 238 g/mol. The van der Waals surface area contributed by atoms with Gasteiger partial charge in [0.1, 0.15) is 0 Å². The second-order valence-corrected chi connectivity index (χ2v) is 5.94. The van der Waals surface area contributed by atoms with E-state index in [0.717, 1.165) is 25.9 Å². The van der Waals surface area contributed by atoms with E-state index in [1.54, 1.807) is 0 Å². The van der Waals surface area contributed by atoms with Gasteiger partial charge >= 0.3 is 0 Å². The SMILES string of the molecule is CC1CN(C(=O)C2CCCCC2)CC(C)N1C. The first-order valence-corrected chi connectivity index (χ1v) is 7.10. The Kier molecular flexibility index (Phi) is 4.08. The number of carbonyl (C=O) groups excluding carboxylic acids is 1. The van der Waals surface area contributed by atoms with Crippen LogP contribution in [0.25, 0.3) is 0 Å². The highest BCUT2D eigenvalue weighted by Crippen LogP contribution is 2.26. The van der Waals surface area contributed by atoms with Crippen molar-refractivity contribution in [2.45, 2.75) is 58.0 Å². The lowest BCUT2D eigenvalue weighted by Gasteiger charge is -2.43. The number of likely N-dealkylation sites (N-methyl/N-ethyl adjacent to an activating group) is 1. The Labute approximate surface area is 105 Å². The molecule has 3 nitrogen and oxygen atoms in total. The highest BCUT2D eigenvalue weighted by atomic mass is 16.2. The molecule has 1 aliphatic heterocycles. The maximum Gasteiger partial charge on any atom is 0.225 e. The van der Waals surface area contributed by atoms with Gasteiger partial charge in [-0.25, -0.2) is 0 Å². The summed E-state index contributed by atoms with van der Waals surface area (Å²) in [5.74, 6) is 0.753. The molecule has 17 heavy (non-hydrogen) atoms. The van der Waals surface area contributed by atoms with Crippen LogP contribution in [0.15, 0.2) is 0 Å². The Morgan fingerprint density at radius 3 is 2.06 bits per heavy atom. The van der Waals surface area contributed by atoms with Gasteiger partial charge in [-0.15, -0.1) is 0 Å². The fraction of sp³-hybridized carbons (Fsp3) is 0.929. The van der Waals surface area contributed by atoms with Crippen molar-refractivity contribution in [1.82, 2.24) is 9.80 Å². The molecule has 0 aromatic carbocycles. The fourth-order valence-electron chi connectivity index (χ4n) is 3.19. The second kappa shape index (κ2) is 5.38. The molecule has 3 heteroatoms. The zero-order valence-corrected chi connectivity index (χ0v) is 11.5. The van der Waals surface area contributed by atoms with Crippen LogP contribution in [0, 0.1) is 5.92 Å². The molecule has 2 rings (SSSR count). The zero-order chi connectivity index (χ0) is 12.4. The van der Waals surface area contributed by atoms with E-state index in [1.165, 1.54) is 19.3 Å². The molecular formula is C14H26N2O. The van der Waals surface area contributed by atoms with Crippen LogP contribution in [-0.2, 0) is 4.79 Å². The molecule has 2 aliphatic rings. The van der Waals surface area contributed by atoms with Gasteiger partial charge in [0.2, 0.25) is 5.91 Å². The van der Waals surface area contributed by atoms with Gasteiger partial charge < -0.3 is 4.90 Å². The average molecular weight is 238 g/mol. The maximum atomic E-state index is 12.5. The average Bonchev–Trinajstić information content (AvgIpc) is 2.35. The highest BCUT2D eigenvalue weighted by molar-refractivity contribution is 5.79. The lowest BCUT2D eigenvalue weighted by molar-refractivity contribution is -0.140. The number of amides is 1. The summed E-state index contributed by atoms with van der Waals surface area (Å²) >= 11 is 0. The van der Waals surface area contributed by atoms with Crippen molar-refractivity contribution in [1.29, 1.82) is 0 Å². The molecule has 2 atom stereocenters. The van der Waals surface area contributed by atoms with E-state index in [-0.39, 0.29) is 0 Å². The zero-order valence-electron chi connectivity index (χ0n) is 11.5. The van der Waals surface area contributed by atoms with Gasteiger partial charge in [0.15, 0.2) is 0 Å². The Balaban J connectivity index is 1.95. The van der Waals surface area contributed by atoms with Crippen LogP contribution in [0.5, 0.6) is 0 Å². The Morgan fingerprint density at radius 2 is 1.53 bits per heavy atom. The molecule has 0 aromatic heterocycles. The van der Waals surface area contributed by atoms with Gasteiger partial charge in [-0.2, -0.15) is 0 Å².